The minimum Gasteiger partial charge on any atom is -0.481 e. The molecule has 0 saturated carbocycles. The van der Waals surface area contributed by atoms with Gasteiger partial charge in [-0.1, -0.05) is 13.8 Å². The van der Waals surface area contributed by atoms with E-state index in [4.69, 9.17) is 5.11 Å². The van der Waals surface area contributed by atoms with Crippen molar-refractivity contribution >= 4 is 11.9 Å². The number of nitrogens with zero attached hydrogens (tertiary/aromatic N) is 3. The lowest BCUT2D eigenvalue weighted by Crippen LogP contribution is -2.38. The fourth-order valence-corrected chi connectivity index (χ4v) is 2.68. The van der Waals surface area contributed by atoms with Gasteiger partial charge in [0.05, 0.1) is 17.2 Å². The smallest absolute Gasteiger partial charge is 0.308 e. The van der Waals surface area contributed by atoms with Crippen molar-refractivity contribution in [3.63, 3.8) is 0 Å². The van der Waals surface area contributed by atoms with Gasteiger partial charge in [0, 0.05) is 18.8 Å². The van der Waals surface area contributed by atoms with Gasteiger partial charge >= 0.3 is 5.97 Å². The second kappa shape index (κ2) is 5.56. The topological polar surface area (TPSA) is 83.4 Å². The van der Waals surface area contributed by atoms with Crippen LogP contribution in [-0.2, 0) is 4.79 Å². The van der Waals surface area contributed by atoms with Crippen molar-refractivity contribution in [1.82, 2.24) is 14.9 Å². The lowest BCUT2D eigenvalue weighted by molar-refractivity contribution is -0.142. The molecule has 0 aliphatic carbocycles. The Morgan fingerprint density at radius 1 is 1.45 bits per heavy atom. The van der Waals surface area contributed by atoms with E-state index >= 15 is 0 Å². The van der Waals surface area contributed by atoms with Crippen LogP contribution in [-0.4, -0.2) is 44.4 Å². The summed E-state index contributed by atoms with van der Waals surface area (Å²) >= 11 is 0. The summed E-state index contributed by atoms with van der Waals surface area (Å²) < 4.78 is 0. The van der Waals surface area contributed by atoms with E-state index in [1.54, 1.807) is 11.8 Å². The zero-order valence-corrected chi connectivity index (χ0v) is 11.9. The molecule has 1 aliphatic heterocycles. The molecule has 1 amide bonds. The second-order valence-electron chi connectivity index (χ2n) is 5.45. The predicted molar refractivity (Wildman–Crippen MR) is 72.4 cm³/mol. The molecule has 0 aromatic carbocycles. The molecular weight excluding hydrogens is 258 g/mol. The largest absolute Gasteiger partial charge is 0.481 e. The maximum Gasteiger partial charge on any atom is 0.308 e. The van der Waals surface area contributed by atoms with Crippen LogP contribution in [0.25, 0.3) is 0 Å². The van der Waals surface area contributed by atoms with Gasteiger partial charge in [-0.2, -0.15) is 0 Å². The Morgan fingerprint density at radius 3 is 2.70 bits per heavy atom. The van der Waals surface area contributed by atoms with Crippen LogP contribution in [0.2, 0.25) is 0 Å². The molecule has 2 unspecified atom stereocenters. The Balaban J connectivity index is 2.27. The molecule has 0 bridgehead atoms. The molecule has 0 radical (unpaired) electrons. The number of aromatic nitrogens is 2. The normalized spacial score (nSPS) is 22.3. The zero-order chi connectivity index (χ0) is 14.9. The van der Waals surface area contributed by atoms with Gasteiger partial charge in [0.15, 0.2) is 0 Å². The first-order valence-electron chi connectivity index (χ1n) is 6.77. The Hall–Kier alpha value is -1.98. The van der Waals surface area contributed by atoms with Crippen LogP contribution in [0.5, 0.6) is 0 Å². The number of carboxylic acid groups (broad SMARTS) is 1. The van der Waals surface area contributed by atoms with Crippen molar-refractivity contribution in [2.24, 2.45) is 5.92 Å². The summed E-state index contributed by atoms with van der Waals surface area (Å²) in [6.45, 7) is 6.17. The van der Waals surface area contributed by atoms with Crippen molar-refractivity contribution in [2.45, 2.75) is 39.2 Å². The standard InChI is InChI=1S/C14H19N3O3/c1-8(2)12-11(6-15-7-16-12)13(18)17-5-4-10(9(17)3)14(19)20/h6-10H,4-5H2,1-3H3,(H,19,20). The second-order valence-corrected chi connectivity index (χ2v) is 5.45. The summed E-state index contributed by atoms with van der Waals surface area (Å²) in [5, 5.41) is 9.13. The Labute approximate surface area is 117 Å². The van der Waals surface area contributed by atoms with Gasteiger partial charge < -0.3 is 10.0 Å². The van der Waals surface area contributed by atoms with Crippen LogP contribution in [0.3, 0.4) is 0 Å². The first-order chi connectivity index (χ1) is 9.43. The highest BCUT2D eigenvalue weighted by molar-refractivity contribution is 5.96. The SMILES string of the molecule is CC(C)c1ncncc1C(=O)N1CCC(C(=O)O)C1C. The molecule has 6 nitrogen and oxygen atoms in total. The number of likely N-dealkylation sites (tertiary alicyclic amines) is 1. The maximum atomic E-state index is 12.6. The van der Waals surface area contributed by atoms with Crippen molar-refractivity contribution in [3.8, 4) is 0 Å². The molecular formula is C14H19N3O3. The molecule has 108 valence electrons. The number of aliphatic carboxylic acids is 1. The molecule has 1 aromatic heterocycles. The molecule has 0 spiro atoms. The van der Waals surface area contributed by atoms with E-state index in [2.05, 4.69) is 9.97 Å². The number of carboxylic acids is 1. The van der Waals surface area contributed by atoms with Gasteiger partial charge in [-0.3, -0.25) is 9.59 Å². The van der Waals surface area contributed by atoms with Gasteiger partial charge in [0.25, 0.3) is 5.91 Å². The lowest BCUT2D eigenvalue weighted by Gasteiger charge is -2.24. The summed E-state index contributed by atoms with van der Waals surface area (Å²) in [6.07, 6.45) is 3.44. The molecule has 1 saturated heterocycles. The molecule has 1 aromatic rings. The van der Waals surface area contributed by atoms with Crippen LogP contribution in [0.4, 0.5) is 0 Å². The Kier molecular flexibility index (Phi) is 4.01. The quantitative estimate of drug-likeness (QED) is 0.906. The fraction of sp³-hybridized carbons (Fsp3) is 0.571. The van der Waals surface area contributed by atoms with Gasteiger partial charge in [-0.05, 0) is 19.3 Å². The zero-order valence-electron chi connectivity index (χ0n) is 11.9. The van der Waals surface area contributed by atoms with E-state index in [9.17, 15) is 9.59 Å². The number of rotatable bonds is 3. The summed E-state index contributed by atoms with van der Waals surface area (Å²) in [6, 6.07) is -0.305. The third-order valence-corrected chi connectivity index (χ3v) is 3.85. The minimum atomic E-state index is -0.846. The molecule has 6 heteroatoms. The van der Waals surface area contributed by atoms with E-state index in [1.807, 2.05) is 13.8 Å². The van der Waals surface area contributed by atoms with Gasteiger partial charge in [-0.15, -0.1) is 0 Å². The van der Waals surface area contributed by atoms with Crippen molar-refractivity contribution in [2.75, 3.05) is 6.54 Å². The number of amides is 1. The molecule has 2 atom stereocenters. The van der Waals surface area contributed by atoms with Crippen LogP contribution < -0.4 is 0 Å². The van der Waals surface area contributed by atoms with Crippen molar-refractivity contribution in [3.05, 3.63) is 23.8 Å². The van der Waals surface area contributed by atoms with E-state index in [1.165, 1.54) is 12.5 Å². The van der Waals surface area contributed by atoms with E-state index in [-0.39, 0.29) is 17.9 Å². The summed E-state index contributed by atoms with van der Waals surface area (Å²) in [7, 11) is 0. The fourth-order valence-electron chi connectivity index (χ4n) is 2.68. The van der Waals surface area contributed by atoms with Crippen LogP contribution in [0.15, 0.2) is 12.5 Å². The average Bonchev–Trinajstić information content (AvgIpc) is 2.79. The average molecular weight is 277 g/mol. The Morgan fingerprint density at radius 2 is 2.15 bits per heavy atom. The van der Waals surface area contributed by atoms with E-state index < -0.39 is 11.9 Å². The van der Waals surface area contributed by atoms with Gasteiger partial charge in [0.1, 0.15) is 6.33 Å². The van der Waals surface area contributed by atoms with Crippen molar-refractivity contribution < 1.29 is 14.7 Å². The highest BCUT2D eigenvalue weighted by Gasteiger charge is 2.39. The first kappa shape index (κ1) is 14.4. The molecule has 2 rings (SSSR count). The lowest BCUT2D eigenvalue weighted by atomic mass is 10.0. The van der Waals surface area contributed by atoms with Crippen molar-refractivity contribution in [1.29, 1.82) is 0 Å². The molecule has 20 heavy (non-hydrogen) atoms. The number of hydrogen-bond donors (Lipinski definition) is 1. The first-order valence-corrected chi connectivity index (χ1v) is 6.77. The molecule has 1 fully saturated rings. The van der Waals surface area contributed by atoms with E-state index in [0.717, 1.165) is 0 Å². The monoisotopic (exact) mass is 277 g/mol. The highest BCUT2D eigenvalue weighted by atomic mass is 16.4. The molecule has 2 heterocycles. The van der Waals surface area contributed by atoms with Gasteiger partial charge in [-0.25, -0.2) is 9.97 Å². The minimum absolute atomic E-state index is 0.116. The third-order valence-electron chi connectivity index (χ3n) is 3.85. The number of hydrogen-bond acceptors (Lipinski definition) is 4. The predicted octanol–water partition coefficient (Wildman–Crippen LogP) is 1.54. The summed E-state index contributed by atoms with van der Waals surface area (Å²) in [5.41, 5.74) is 1.18. The third kappa shape index (κ3) is 2.50. The van der Waals surface area contributed by atoms with Crippen LogP contribution in [0, 0.1) is 5.92 Å². The van der Waals surface area contributed by atoms with E-state index in [0.29, 0.717) is 24.2 Å². The Bertz CT molecular complexity index is 530. The molecule has 1 aliphatic rings. The maximum absolute atomic E-state index is 12.6. The highest BCUT2D eigenvalue weighted by Crippen LogP contribution is 2.27. The molecule has 1 N–H and O–H groups in total. The summed E-state index contributed by atoms with van der Waals surface area (Å²) in [5.74, 6) is -1.40. The van der Waals surface area contributed by atoms with Crippen LogP contribution >= 0.6 is 0 Å². The number of carbonyl (C=O) groups is 2. The summed E-state index contributed by atoms with van der Waals surface area (Å²) in [4.78, 5) is 33.4. The van der Waals surface area contributed by atoms with Gasteiger partial charge in [0.2, 0.25) is 0 Å². The number of carbonyl (C=O) groups excluding carboxylic acids is 1. The van der Waals surface area contributed by atoms with Crippen LogP contribution in [0.1, 0.15) is 49.2 Å².